The van der Waals surface area contributed by atoms with Crippen molar-refractivity contribution >= 4 is 5.96 Å². The van der Waals surface area contributed by atoms with Crippen LogP contribution in [0.5, 0.6) is 0 Å². The van der Waals surface area contributed by atoms with Crippen molar-refractivity contribution in [3.8, 4) is 0 Å². The Kier molecular flexibility index (Phi) is 6.86. The Morgan fingerprint density at radius 1 is 1.30 bits per heavy atom. The highest BCUT2D eigenvalue weighted by molar-refractivity contribution is 5.79. The Hall–Kier alpha value is -1.59. The molecular weight excluding hydrogens is 288 g/mol. The fraction of sp³-hybridized carbons (Fsp3) is 0.611. The lowest BCUT2D eigenvalue weighted by atomic mass is 10.1. The summed E-state index contributed by atoms with van der Waals surface area (Å²) in [7, 11) is 8.12. The fourth-order valence-electron chi connectivity index (χ4n) is 2.97. The van der Waals surface area contributed by atoms with Crippen molar-refractivity contribution in [3.63, 3.8) is 0 Å². The first-order valence-corrected chi connectivity index (χ1v) is 8.30. The Bertz CT molecular complexity index is 509. The maximum atomic E-state index is 5.45. The molecule has 1 unspecified atom stereocenters. The normalized spacial score (nSPS) is 18.5. The number of rotatable bonds is 6. The molecule has 0 aromatic heterocycles. The van der Waals surface area contributed by atoms with Gasteiger partial charge in [0.15, 0.2) is 5.96 Å². The lowest BCUT2D eigenvalue weighted by Crippen LogP contribution is -2.41. The second kappa shape index (κ2) is 8.89. The van der Waals surface area contributed by atoms with E-state index in [1.165, 1.54) is 11.1 Å². The van der Waals surface area contributed by atoms with Gasteiger partial charge in [-0.3, -0.25) is 4.99 Å². The van der Waals surface area contributed by atoms with Crippen LogP contribution in [-0.2, 0) is 17.8 Å². The molecule has 5 heteroatoms. The summed E-state index contributed by atoms with van der Waals surface area (Å²) >= 11 is 0. The lowest BCUT2D eigenvalue weighted by molar-refractivity contribution is 0.181. The number of nitrogens with zero attached hydrogens (tertiary/aromatic N) is 3. The Morgan fingerprint density at radius 3 is 2.74 bits per heavy atom. The summed E-state index contributed by atoms with van der Waals surface area (Å²) in [5.74, 6) is 1.55. The summed E-state index contributed by atoms with van der Waals surface area (Å²) in [4.78, 5) is 8.78. The zero-order valence-electron chi connectivity index (χ0n) is 14.9. The molecule has 1 fully saturated rings. The number of hydrogen-bond acceptors (Lipinski definition) is 3. The van der Waals surface area contributed by atoms with E-state index in [1.54, 1.807) is 0 Å². The third-order valence-electron chi connectivity index (χ3n) is 4.07. The maximum absolute atomic E-state index is 5.45. The molecule has 5 nitrogen and oxygen atoms in total. The van der Waals surface area contributed by atoms with E-state index in [-0.39, 0.29) is 0 Å². The largest absolute Gasteiger partial charge is 0.381 e. The van der Waals surface area contributed by atoms with Gasteiger partial charge in [-0.15, -0.1) is 0 Å². The van der Waals surface area contributed by atoms with Crippen LogP contribution in [0.4, 0.5) is 0 Å². The number of nitrogens with one attached hydrogen (secondary N) is 1. The molecular formula is C18H30N4O. The minimum atomic E-state index is 0.613. The molecule has 0 spiro atoms. The highest BCUT2D eigenvalue weighted by atomic mass is 16.5. The molecule has 1 atom stereocenters. The first-order valence-electron chi connectivity index (χ1n) is 8.30. The zero-order chi connectivity index (χ0) is 16.7. The summed E-state index contributed by atoms with van der Waals surface area (Å²) in [5.41, 5.74) is 2.61. The van der Waals surface area contributed by atoms with Crippen molar-refractivity contribution in [2.45, 2.75) is 19.5 Å². The standard InChI is InChI=1S/C18H30N4O/c1-19-18(22(4)13-17-8-9-23-14-17)20-11-15-6-5-7-16(10-15)12-21(2)3/h5-7,10,17H,8-9,11-14H2,1-4H3,(H,19,20). The van der Waals surface area contributed by atoms with E-state index in [1.807, 2.05) is 7.05 Å². The van der Waals surface area contributed by atoms with Crippen LogP contribution < -0.4 is 5.32 Å². The van der Waals surface area contributed by atoms with Crippen LogP contribution in [0.2, 0.25) is 0 Å². The summed E-state index contributed by atoms with van der Waals surface area (Å²) in [6.07, 6.45) is 1.15. The van der Waals surface area contributed by atoms with Crippen molar-refractivity contribution in [1.82, 2.24) is 15.1 Å². The molecule has 1 heterocycles. The molecule has 1 N–H and O–H groups in total. The summed E-state index contributed by atoms with van der Waals surface area (Å²) < 4.78 is 5.45. The van der Waals surface area contributed by atoms with Crippen molar-refractivity contribution in [1.29, 1.82) is 0 Å². The molecule has 0 aliphatic carbocycles. The number of ether oxygens (including phenoxy) is 1. The van der Waals surface area contributed by atoms with E-state index >= 15 is 0 Å². The predicted molar refractivity (Wildman–Crippen MR) is 95.6 cm³/mol. The third-order valence-corrected chi connectivity index (χ3v) is 4.07. The van der Waals surface area contributed by atoms with E-state index in [0.717, 1.165) is 45.2 Å². The quantitative estimate of drug-likeness (QED) is 0.641. The number of aliphatic imine (C=N–C) groups is 1. The molecule has 23 heavy (non-hydrogen) atoms. The van der Waals surface area contributed by atoms with Gasteiger partial charge in [0.2, 0.25) is 0 Å². The summed E-state index contributed by atoms with van der Waals surface area (Å²) in [5, 5.41) is 3.46. The van der Waals surface area contributed by atoms with Gasteiger partial charge >= 0.3 is 0 Å². The van der Waals surface area contributed by atoms with E-state index in [4.69, 9.17) is 4.74 Å². The van der Waals surface area contributed by atoms with Gasteiger partial charge in [-0.1, -0.05) is 24.3 Å². The number of guanidine groups is 1. The van der Waals surface area contributed by atoms with Gasteiger partial charge in [0.1, 0.15) is 0 Å². The Balaban J connectivity index is 1.87. The second-order valence-electron chi connectivity index (χ2n) is 6.57. The highest BCUT2D eigenvalue weighted by Gasteiger charge is 2.18. The van der Waals surface area contributed by atoms with Gasteiger partial charge in [-0.2, -0.15) is 0 Å². The number of benzene rings is 1. The Labute approximate surface area is 140 Å². The van der Waals surface area contributed by atoms with Gasteiger partial charge in [0, 0.05) is 46.3 Å². The SMILES string of the molecule is CN=C(NCc1cccc(CN(C)C)c1)N(C)CC1CCOC1. The molecule has 0 saturated carbocycles. The monoisotopic (exact) mass is 318 g/mol. The van der Waals surface area contributed by atoms with Gasteiger partial charge in [-0.05, 0) is 31.6 Å². The van der Waals surface area contributed by atoms with Crippen LogP contribution in [0.15, 0.2) is 29.3 Å². The van der Waals surface area contributed by atoms with E-state index in [2.05, 4.69) is 65.5 Å². The minimum absolute atomic E-state index is 0.613. The van der Waals surface area contributed by atoms with Gasteiger partial charge in [0.05, 0.1) is 6.61 Å². The molecule has 0 amide bonds. The van der Waals surface area contributed by atoms with Crippen LogP contribution in [0.25, 0.3) is 0 Å². The molecule has 2 rings (SSSR count). The molecule has 0 radical (unpaired) electrons. The second-order valence-corrected chi connectivity index (χ2v) is 6.57. The molecule has 1 aromatic carbocycles. The van der Waals surface area contributed by atoms with Crippen LogP contribution in [0, 0.1) is 5.92 Å². The van der Waals surface area contributed by atoms with Gasteiger partial charge in [0.25, 0.3) is 0 Å². The summed E-state index contributed by atoms with van der Waals surface area (Å²) in [6, 6.07) is 8.71. The first kappa shape index (κ1) is 17.8. The third kappa shape index (κ3) is 5.84. The molecule has 1 aliphatic heterocycles. The highest BCUT2D eigenvalue weighted by Crippen LogP contribution is 2.13. The van der Waals surface area contributed by atoms with E-state index in [0.29, 0.717) is 5.92 Å². The van der Waals surface area contributed by atoms with E-state index in [9.17, 15) is 0 Å². The first-order chi connectivity index (χ1) is 11.1. The molecule has 0 bridgehead atoms. The lowest BCUT2D eigenvalue weighted by Gasteiger charge is -2.24. The molecule has 1 saturated heterocycles. The Morgan fingerprint density at radius 2 is 2.09 bits per heavy atom. The van der Waals surface area contributed by atoms with E-state index < -0.39 is 0 Å². The van der Waals surface area contributed by atoms with Gasteiger partial charge < -0.3 is 19.9 Å². The molecule has 1 aliphatic rings. The number of hydrogen-bond donors (Lipinski definition) is 1. The van der Waals surface area contributed by atoms with Crippen LogP contribution in [0.1, 0.15) is 17.5 Å². The fourth-order valence-corrected chi connectivity index (χ4v) is 2.97. The average Bonchev–Trinajstić information content (AvgIpc) is 3.00. The van der Waals surface area contributed by atoms with Crippen LogP contribution >= 0.6 is 0 Å². The van der Waals surface area contributed by atoms with Gasteiger partial charge in [-0.25, -0.2) is 0 Å². The van der Waals surface area contributed by atoms with Crippen molar-refractivity contribution in [3.05, 3.63) is 35.4 Å². The van der Waals surface area contributed by atoms with Crippen molar-refractivity contribution in [2.75, 3.05) is 47.9 Å². The zero-order valence-corrected chi connectivity index (χ0v) is 14.9. The van der Waals surface area contributed by atoms with Crippen LogP contribution in [0.3, 0.4) is 0 Å². The maximum Gasteiger partial charge on any atom is 0.193 e. The average molecular weight is 318 g/mol. The topological polar surface area (TPSA) is 40.1 Å². The molecule has 128 valence electrons. The summed E-state index contributed by atoms with van der Waals surface area (Å²) in [6.45, 7) is 4.50. The molecule has 1 aromatic rings. The smallest absolute Gasteiger partial charge is 0.193 e. The predicted octanol–water partition coefficient (Wildman–Crippen LogP) is 1.79. The minimum Gasteiger partial charge on any atom is -0.381 e. The van der Waals surface area contributed by atoms with Crippen molar-refractivity contribution < 1.29 is 4.74 Å². The van der Waals surface area contributed by atoms with Crippen molar-refractivity contribution in [2.24, 2.45) is 10.9 Å². The van der Waals surface area contributed by atoms with Crippen LogP contribution in [-0.4, -0.2) is 63.7 Å².